The van der Waals surface area contributed by atoms with E-state index in [1.807, 2.05) is 55.6 Å². The topological polar surface area (TPSA) is 115 Å². The van der Waals surface area contributed by atoms with Crippen LogP contribution in [0.4, 0.5) is 0 Å². The Hall–Kier alpha value is -1.91. The first-order valence-corrected chi connectivity index (χ1v) is 10.5. The molecule has 0 unspecified atom stereocenters. The summed E-state index contributed by atoms with van der Waals surface area (Å²) in [5.41, 5.74) is 2.67. The Kier molecular flexibility index (Phi) is 6.17. The molecule has 1 aromatic heterocycles. The van der Waals surface area contributed by atoms with Crippen molar-refractivity contribution in [2.24, 2.45) is 0 Å². The van der Waals surface area contributed by atoms with Gasteiger partial charge in [-0.3, -0.25) is 0 Å². The lowest BCUT2D eigenvalue weighted by Gasteiger charge is -2.40. The third-order valence-electron chi connectivity index (χ3n) is 5.43. The van der Waals surface area contributed by atoms with Crippen molar-refractivity contribution < 1.29 is 30.3 Å². The van der Waals surface area contributed by atoms with Gasteiger partial charge in [0.15, 0.2) is 6.23 Å². The van der Waals surface area contributed by atoms with E-state index in [9.17, 15) is 25.5 Å². The minimum absolute atomic E-state index is 0.0133. The molecule has 2 aromatic carbocycles. The van der Waals surface area contributed by atoms with Gasteiger partial charge in [-0.25, -0.2) is 0 Å². The fourth-order valence-corrected chi connectivity index (χ4v) is 4.70. The molecule has 5 N–H and O–H groups in total. The number of fused-ring (bicyclic) bond motifs is 1. The lowest BCUT2D eigenvalue weighted by Crippen LogP contribution is -2.56. The number of aromatic nitrogens is 1. The summed E-state index contributed by atoms with van der Waals surface area (Å²) in [5, 5.41) is 50.6. The maximum absolute atomic E-state index is 10.6. The minimum atomic E-state index is -1.44. The summed E-state index contributed by atoms with van der Waals surface area (Å²) in [4.78, 5) is 1.92. The smallest absolute Gasteiger partial charge is 0.163 e. The molecule has 0 radical (unpaired) electrons. The first kappa shape index (κ1) is 21.3. The van der Waals surface area contributed by atoms with Crippen molar-refractivity contribution in [1.29, 1.82) is 0 Å². The fourth-order valence-electron chi connectivity index (χ4n) is 3.72. The molecule has 0 bridgehead atoms. The van der Waals surface area contributed by atoms with Gasteiger partial charge in [-0.1, -0.05) is 36.0 Å². The third kappa shape index (κ3) is 3.88. The van der Waals surface area contributed by atoms with E-state index in [4.69, 9.17) is 4.74 Å². The van der Waals surface area contributed by atoms with Crippen LogP contribution in [0.3, 0.4) is 0 Å². The lowest BCUT2D eigenvalue weighted by molar-refractivity contribution is -0.250. The number of benzene rings is 2. The highest BCUT2D eigenvalue weighted by atomic mass is 32.2. The first-order chi connectivity index (χ1) is 14.4. The van der Waals surface area contributed by atoms with E-state index >= 15 is 0 Å². The Bertz CT molecular complexity index is 1020. The number of rotatable bonds is 5. The number of hydrogen-bond donors (Lipinski definition) is 5. The Morgan fingerprint density at radius 1 is 0.967 bits per heavy atom. The zero-order chi connectivity index (χ0) is 21.4. The van der Waals surface area contributed by atoms with Gasteiger partial charge in [-0.2, -0.15) is 0 Å². The zero-order valence-electron chi connectivity index (χ0n) is 16.4. The summed E-state index contributed by atoms with van der Waals surface area (Å²) in [5.74, 6) is 0. The Morgan fingerprint density at radius 2 is 1.70 bits per heavy atom. The summed E-state index contributed by atoms with van der Waals surface area (Å²) < 4.78 is 7.52. The van der Waals surface area contributed by atoms with Gasteiger partial charge < -0.3 is 34.8 Å². The zero-order valence-corrected chi connectivity index (χ0v) is 17.2. The van der Waals surface area contributed by atoms with Gasteiger partial charge in [-0.15, -0.1) is 0 Å². The number of aliphatic hydroxyl groups excluding tert-OH is 5. The molecule has 5 atom stereocenters. The van der Waals surface area contributed by atoms with Crippen molar-refractivity contribution >= 4 is 22.7 Å². The predicted molar refractivity (Wildman–Crippen MR) is 112 cm³/mol. The number of aryl methyl sites for hydroxylation is 1. The van der Waals surface area contributed by atoms with E-state index in [0.717, 1.165) is 31.8 Å². The van der Waals surface area contributed by atoms with Gasteiger partial charge in [0.2, 0.25) is 0 Å². The van der Waals surface area contributed by atoms with Crippen LogP contribution in [-0.2, 0) is 11.3 Å². The third-order valence-corrected chi connectivity index (χ3v) is 6.48. The van der Waals surface area contributed by atoms with Crippen molar-refractivity contribution in [1.82, 2.24) is 4.57 Å². The highest BCUT2D eigenvalue weighted by Gasteiger charge is 2.44. The molecule has 0 spiro atoms. The largest absolute Gasteiger partial charge is 0.394 e. The van der Waals surface area contributed by atoms with Crippen LogP contribution in [0.25, 0.3) is 10.9 Å². The van der Waals surface area contributed by atoms with Gasteiger partial charge in [-0.05, 0) is 36.2 Å². The monoisotopic (exact) mass is 431 g/mol. The van der Waals surface area contributed by atoms with Crippen LogP contribution in [0.1, 0.15) is 17.4 Å². The van der Waals surface area contributed by atoms with Crippen molar-refractivity contribution in [3.05, 3.63) is 59.8 Å². The molecular weight excluding hydrogens is 406 g/mol. The summed E-state index contributed by atoms with van der Waals surface area (Å²) in [6, 6.07) is 13.6. The van der Waals surface area contributed by atoms with Crippen molar-refractivity contribution in [2.75, 3.05) is 6.61 Å². The number of aliphatic hydroxyl groups is 5. The van der Waals surface area contributed by atoms with E-state index in [0.29, 0.717) is 0 Å². The molecule has 0 amide bonds. The predicted octanol–water partition coefficient (Wildman–Crippen LogP) is 1.57. The summed E-state index contributed by atoms with van der Waals surface area (Å²) in [6.07, 6.45) is -4.29. The Balaban J connectivity index is 1.75. The molecule has 160 valence electrons. The van der Waals surface area contributed by atoms with E-state index < -0.39 is 37.3 Å². The van der Waals surface area contributed by atoms with Gasteiger partial charge in [0.1, 0.15) is 24.4 Å². The second-order valence-corrected chi connectivity index (χ2v) is 8.66. The Morgan fingerprint density at radius 3 is 2.37 bits per heavy atom. The second-order valence-electron chi connectivity index (χ2n) is 7.54. The molecule has 30 heavy (non-hydrogen) atoms. The van der Waals surface area contributed by atoms with Crippen molar-refractivity contribution in [2.45, 2.75) is 54.0 Å². The Labute approximate surface area is 178 Å². The van der Waals surface area contributed by atoms with Gasteiger partial charge in [0.05, 0.1) is 18.7 Å². The number of nitrogens with zero attached hydrogens (tertiary/aromatic N) is 1. The van der Waals surface area contributed by atoms with E-state index in [1.165, 1.54) is 11.8 Å². The maximum atomic E-state index is 10.6. The minimum Gasteiger partial charge on any atom is -0.394 e. The van der Waals surface area contributed by atoms with Gasteiger partial charge in [0.25, 0.3) is 0 Å². The van der Waals surface area contributed by atoms with Crippen LogP contribution in [-0.4, -0.2) is 61.1 Å². The molecule has 8 heteroatoms. The molecule has 1 saturated heterocycles. The number of hydrogen-bond acceptors (Lipinski definition) is 7. The second kappa shape index (κ2) is 8.68. The standard InChI is InChI=1S/C22H25NO6S/c1-12-2-7-15-16(8-12)23(22-21(28)20(27)19(26)17(11-25)29-22)9-18(15)30-14-5-3-13(10-24)4-6-14/h2-9,17,19-22,24-28H,10-11H2,1H3/t17-,19-,20+,21-,22-/m1/s1. The van der Waals surface area contributed by atoms with Gasteiger partial charge in [0, 0.05) is 21.4 Å². The fraction of sp³-hybridized carbons (Fsp3) is 0.364. The molecule has 4 rings (SSSR count). The van der Waals surface area contributed by atoms with Crippen LogP contribution in [0, 0.1) is 6.92 Å². The van der Waals surface area contributed by atoms with Crippen LogP contribution in [0.2, 0.25) is 0 Å². The molecule has 2 heterocycles. The van der Waals surface area contributed by atoms with Crippen molar-refractivity contribution in [3.63, 3.8) is 0 Å². The quantitative estimate of drug-likeness (QED) is 0.416. The van der Waals surface area contributed by atoms with Crippen LogP contribution >= 0.6 is 11.8 Å². The number of ether oxygens (including phenoxy) is 1. The molecule has 1 aliphatic heterocycles. The molecule has 1 fully saturated rings. The molecule has 1 aliphatic rings. The lowest BCUT2D eigenvalue weighted by atomic mass is 9.98. The van der Waals surface area contributed by atoms with E-state index in [-0.39, 0.29) is 6.61 Å². The normalized spacial score (nSPS) is 26.9. The van der Waals surface area contributed by atoms with Crippen molar-refractivity contribution in [3.8, 4) is 0 Å². The average Bonchev–Trinajstić information content (AvgIpc) is 3.10. The molecule has 3 aromatic rings. The van der Waals surface area contributed by atoms with E-state index in [1.54, 1.807) is 4.57 Å². The maximum Gasteiger partial charge on any atom is 0.163 e. The summed E-state index contributed by atoms with van der Waals surface area (Å²) >= 11 is 1.54. The molecule has 0 aliphatic carbocycles. The van der Waals surface area contributed by atoms with Gasteiger partial charge >= 0.3 is 0 Å². The first-order valence-electron chi connectivity index (χ1n) is 9.72. The molecular formula is C22H25NO6S. The SMILES string of the molecule is Cc1ccc2c(Sc3ccc(CO)cc3)cn([C@@H]3O[C@H](CO)[C@@H](O)[C@H](O)[C@H]3O)c2c1. The van der Waals surface area contributed by atoms with Crippen LogP contribution in [0.5, 0.6) is 0 Å². The molecule has 0 saturated carbocycles. The molecule has 7 nitrogen and oxygen atoms in total. The van der Waals surface area contributed by atoms with Crippen LogP contribution < -0.4 is 0 Å². The highest BCUT2D eigenvalue weighted by molar-refractivity contribution is 7.99. The highest BCUT2D eigenvalue weighted by Crippen LogP contribution is 2.39. The van der Waals surface area contributed by atoms with Crippen LogP contribution in [0.15, 0.2) is 58.5 Å². The average molecular weight is 432 g/mol. The summed E-state index contributed by atoms with van der Waals surface area (Å²) in [6.45, 7) is 1.48. The van der Waals surface area contributed by atoms with E-state index in [2.05, 4.69) is 0 Å². The summed E-state index contributed by atoms with van der Waals surface area (Å²) in [7, 11) is 0.